The molecule has 136 valence electrons. The molecule has 6 nitrogen and oxygen atoms in total. The van der Waals surface area contributed by atoms with Crippen LogP contribution in [0.3, 0.4) is 0 Å². The van der Waals surface area contributed by atoms with Gasteiger partial charge >= 0.3 is 0 Å². The summed E-state index contributed by atoms with van der Waals surface area (Å²) in [5, 5.41) is 15.4. The molecule has 1 atom stereocenters. The van der Waals surface area contributed by atoms with Gasteiger partial charge in [-0.15, -0.1) is 0 Å². The first-order valence-electron chi connectivity index (χ1n) is 8.34. The third-order valence-corrected chi connectivity index (χ3v) is 4.69. The van der Waals surface area contributed by atoms with Gasteiger partial charge in [0.25, 0.3) is 0 Å². The topological polar surface area (TPSA) is 53.6 Å². The Hall–Kier alpha value is -1.80. The number of hydroxylamine groups is 2. The fourth-order valence-corrected chi connectivity index (χ4v) is 3.30. The van der Waals surface area contributed by atoms with Crippen molar-refractivity contribution in [3.63, 3.8) is 0 Å². The summed E-state index contributed by atoms with van der Waals surface area (Å²) in [4.78, 5) is 4.41. The van der Waals surface area contributed by atoms with E-state index in [0.717, 1.165) is 45.0 Å². The Balaban J connectivity index is 1.42. The molecule has 2 aliphatic heterocycles. The van der Waals surface area contributed by atoms with Gasteiger partial charge in [0.2, 0.25) is 0 Å². The lowest BCUT2D eigenvalue weighted by Crippen LogP contribution is -2.49. The number of para-hydroxylation sites is 1. The molecule has 1 unspecified atom stereocenters. The summed E-state index contributed by atoms with van der Waals surface area (Å²) >= 11 is 6.11. The van der Waals surface area contributed by atoms with Gasteiger partial charge < -0.3 is 15.4 Å². The van der Waals surface area contributed by atoms with Gasteiger partial charge in [-0.05, 0) is 12.1 Å². The number of nitrogens with one attached hydrogen (secondary N) is 2. The van der Waals surface area contributed by atoms with Crippen molar-refractivity contribution in [1.82, 2.24) is 15.6 Å². The first-order chi connectivity index (χ1) is 11.9. The molecule has 0 aliphatic carbocycles. The van der Waals surface area contributed by atoms with Crippen LogP contribution < -0.4 is 15.6 Å². The monoisotopic (exact) mass is 367 g/mol. The van der Waals surface area contributed by atoms with E-state index >= 15 is 0 Å². The summed E-state index contributed by atoms with van der Waals surface area (Å²) < 4.78 is 13.1. The van der Waals surface area contributed by atoms with Crippen LogP contribution in [0.1, 0.15) is 0 Å². The van der Waals surface area contributed by atoms with E-state index in [-0.39, 0.29) is 5.82 Å². The van der Waals surface area contributed by atoms with Crippen molar-refractivity contribution < 1.29 is 9.15 Å². The molecule has 2 heterocycles. The van der Waals surface area contributed by atoms with Gasteiger partial charge in [-0.3, -0.25) is 4.90 Å². The van der Waals surface area contributed by atoms with Crippen molar-refractivity contribution in [2.75, 3.05) is 51.2 Å². The van der Waals surface area contributed by atoms with Crippen LogP contribution in [0.5, 0.6) is 0 Å². The lowest BCUT2D eigenvalue weighted by molar-refractivity contribution is -0.850. The third-order valence-electron chi connectivity index (χ3n) is 4.39. The van der Waals surface area contributed by atoms with Crippen LogP contribution in [0.2, 0.25) is 0 Å². The lowest BCUT2D eigenvalue weighted by atomic mass is 10.2. The second-order valence-electron chi connectivity index (χ2n) is 6.36. The minimum absolute atomic E-state index is 0.167. The van der Waals surface area contributed by atoms with E-state index in [9.17, 15) is 9.60 Å². The molecule has 1 aromatic rings. The number of quaternary nitrogens is 1. The maximum atomic E-state index is 13.9. The quantitative estimate of drug-likeness (QED) is 0.615. The smallest absolute Gasteiger partial charge is 0.146 e. The minimum Gasteiger partial charge on any atom is -0.602 e. The Kier molecular flexibility index (Phi) is 5.48. The van der Waals surface area contributed by atoms with Crippen LogP contribution in [-0.2, 0) is 0 Å². The summed E-state index contributed by atoms with van der Waals surface area (Å²) in [6, 6.07) is 6.90. The molecule has 3 rings (SSSR count). The van der Waals surface area contributed by atoms with Crippen molar-refractivity contribution >= 4 is 17.3 Å². The largest absolute Gasteiger partial charge is 0.602 e. The Bertz CT molecular complexity index is 671. The van der Waals surface area contributed by atoms with Crippen LogP contribution in [0.15, 0.2) is 47.4 Å². The third kappa shape index (κ3) is 4.64. The molecule has 1 aromatic carbocycles. The molecule has 2 N–H and O–H groups in total. The molecular weight excluding hydrogens is 345 g/mol. The van der Waals surface area contributed by atoms with E-state index < -0.39 is 4.76 Å². The molecule has 1 fully saturated rings. The maximum absolute atomic E-state index is 13.9. The highest BCUT2D eigenvalue weighted by Crippen LogP contribution is 2.20. The van der Waals surface area contributed by atoms with Crippen LogP contribution in [-0.4, -0.2) is 56.0 Å². The first kappa shape index (κ1) is 18.0. The number of rotatable bonds is 5. The lowest BCUT2D eigenvalue weighted by Gasteiger charge is -2.37. The highest BCUT2D eigenvalue weighted by molar-refractivity contribution is 6.31. The Labute approximate surface area is 152 Å². The number of piperazine rings is 1. The number of benzene rings is 1. The van der Waals surface area contributed by atoms with E-state index in [1.54, 1.807) is 12.3 Å². The van der Waals surface area contributed by atoms with E-state index in [1.165, 1.54) is 19.3 Å². The first-order valence-corrected chi connectivity index (χ1v) is 8.72. The van der Waals surface area contributed by atoms with E-state index in [4.69, 9.17) is 11.6 Å². The second-order valence-corrected chi connectivity index (χ2v) is 6.77. The average molecular weight is 368 g/mol. The highest BCUT2D eigenvalue weighted by Gasteiger charge is 2.20. The molecule has 0 radical (unpaired) electrons. The molecule has 8 heteroatoms. The molecule has 25 heavy (non-hydrogen) atoms. The number of nitrogens with zero attached hydrogens (tertiary/aromatic N) is 3. The van der Waals surface area contributed by atoms with Gasteiger partial charge in [-0.25, -0.2) is 14.6 Å². The predicted octanol–water partition coefficient (Wildman–Crippen LogP) is 1.92. The van der Waals surface area contributed by atoms with E-state index in [1.807, 2.05) is 12.1 Å². The van der Waals surface area contributed by atoms with Gasteiger partial charge in [0.1, 0.15) is 17.0 Å². The summed E-state index contributed by atoms with van der Waals surface area (Å²) in [6.45, 7) is 4.95. The number of hydrogen-bond donors (Lipinski definition) is 2. The summed E-state index contributed by atoms with van der Waals surface area (Å²) in [6.07, 6.45) is 3.00. The number of halogens is 2. The fourth-order valence-electron chi connectivity index (χ4n) is 2.99. The molecule has 1 saturated heterocycles. The Morgan fingerprint density at radius 3 is 2.68 bits per heavy atom. The van der Waals surface area contributed by atoms with E-state index in [0.29, 0.717) is 10.7 Å². The molecule has 0 spiro atoms. The van der Waals surface area contributed by atoms with Crippen LogP contribution in [0, 0.1) is 11.0 Å². The van der Waals surface area contributed by atoms with Crippen molar-refractivity contribution in [3.05, 3.63) is 58.4 Å². The number of allylic oxidation sites excluding steroid dienone is 1. The minimum atomic E-state index is -0.720. The van der Waals surface area contributed by atoms with Crippen molar-refractivity contribution in [2.24, 2.45) is 0 Å². The average Bonchev–Trinajstić information content (AvgIpc) is 2.57. The predicted molar refractivity (Wildman–Crippen MR) is 97.8 cm³/mol. The van der Waals surface area contributed by atoms with Crippen molar-refractivity contribution in [1.29, 1.82) is 0 Å². The molecule has 0 amide bonds. The van der Waals surface area contributed by atoms with Gasteiger partial charge in [0.05, 0.1) is 24.6 Å². The number of hydrogen-bond acceptors (Lipinski definition) is 5. The summed E-state index contributed by atoms with van der Waals surface area (Å²) in [5.74, 6) is -0.167. The fraction of sp³-hybridized carbons (Fsp3) is 0.412. The molecule has 0 saturated carbocycles. The second kappa shape index (κ2) is 7.61. The van der Waals surface area contributed by atoms with Gasteiger partial charge in [0.15, 0.2) is 0 Å². The van der Waals surface area contributed by atoms with Gasteiger partial charge in [-0.2, -0.15) is 0 Å². The maximum Gasteiger partial charge on any atom is 0.146 e. The molecule has 2 aliphatic rings. The van der Waals surface area contributed by atoms with Crippen LogP contribution in [0.4, 0.5) is 10.1 Å². The van der Waals surface area contributed by atoms with Gasteiger partial charge in [-0.1, -0.05) is 23.7 Å². The Morgan fingerprint density at radius 1 is 1.28 bits per heavy atom. The standard InChI is InChI=1S/C17H23ClFN5O/c1-24(25)13-14(18)16(12-21-24)20-6-7-22-8-10-23(11-9-22)17-5-3-2-4-15(17)19/h2-5,12-13,20-21H,6-11H2,1H3. The summed E-state index contributed by atoms with van der Waals surface area (Å²) in [7, 11) is 1.46. The summed E-state index contributed by atoms with van der Waals surface area (Å²) in [5.41, 5.74) is 4.09. The Morgan fingerprint density at radius 2 is 2.00 bits per heavy atom. The zero-order chi connectivity index (χ0) is 17.9. The van der Waals surface area contributed by atoms with Crippen LogP contribution in [0.25, 0.3) is 0 Å². The SMILES string of the molecule is C[N+]1([O-])C=C(Cl)C(NCCN2CCN(c3ccccc3F)CC2)=CN1. The molecular formula is C17H23ClFN5O. The van der Waals surface area contributed by atoms with Gasteiger partial charge in [0, 0.05) is 39.3 Å². The zero-order valence-electron chi connectivity index (χ0n) is 14.2. The highest BCUT2D eigenvalue weighted by atomic mass is 35.5. The van der Waals surface area contributed by atoms with Crippen molar-refractivity contribution in [3.8, 4) is 0 Å². The normalized spacial score (nSPS) is 24.4. The zero-order valence-corrected chi connectivity index (χ0v) is 15.0. The molecule has 0 bridgehead atoms. The van der Waals surface area contributed by atoms with Crippen molar-refractivity contribution in [2.45, 2.75) is 0 Å². The van der Waals surface area contributed by atoms with Crippen LogP contribution >= 0.6 is 11.6 Å². The molecule has 0 aromatic heterocycles. The number of anilines is 1. The van der Waals surface area contributed by atoms with E-state index in [2.05, 4.69) is 20.5 Å².